The van der Waals surface area contributed by atoms with Crippen LogP contribution in [0.1, 0.15) is 12.3 Å². The predicted molar refractivity (Wildman–Crippen MR) is 96.1 cm³/mol. The quantitative estimate of drug-likeness (QED) is 0.748. The standard InChI is InChI=1S/C17H22N4O4S/c1-21(11-15(22)18-14-8-10-26(23,24)12-14)9-7-16-19-17(20-25-16)13-5-3-2-4-6-13/h2-6,14H,7-12H2,1H3,(H,18,22). The summed E-state index contributed by atoms with van der Waals surface area (Å²) in [6.07, 6.45) is 1.02. The van der Waals surface area contributed by atoms with Gasteiger partial charge >= 0.3 is 0 Å². The van der Waals surface area contributed by atoms with Crippen molar-refractivity contribution in [2.45, 2.75) is 18.9 Å². The Bertz CT molecular complexity index is 851. The van der Waals surface area contributed by atoms with Crippen molar-refractivity contribution in [3.8, 4) is 11.4 Å². The molecule has 8 nitrogen and oxygen atoms in total. The van der Waals surface area contributed by atoms with E-state index < -0.39 is 9.84 Å². The third-order valence-electron chi connectivity index (χ3n) is 4.22. The van der Waals surface area contributed by atoms with Gasteiger partial charge in [0.15, 0.2) is 9.84 Å². The lowest BCUT2D eigenvalue weighted by Gasteiger charge is -2.17. The normalized spacial score (nSPS) is 18.9. The van der Waals surface area contributed by atoms with Crippen LogP contribution in [0.15, 0.2) is 34.9 Å². The monoisotopic (exact) mass is 378 g/mol. The van der Waals surface area contributed by atoms with E-state index in [0.29, 0.717) is 31.1 Å². The maximum Gasteiger partial charge on any atom is 0.234 e. The van der Waals surface area contributed by atoms with Crippen LogP contribution >= 0.6 is 0 Å². The van der Waals surface area contributed by atoms with Crippen LogP contribution in [0.2, 0.25) is 0 Å². The van der Waals surface area contributed by atoms with Crippen molar-refractivity contribution in [1.29, 1.82) is 0 Å². The van der Waals surface area contributed by atoms with E-state index in [1.807, 2.05) is 42.3 Å². The number of likely N-dealkylation sites (N-methyl/N-ethyl adjacent to an activating group) is 1. The fourth-order valence-corrected chi connectivity index (χ4v) is 4.53. The topological polar surface area (TPSA) is 105 Å². The molecule has 1 atom stereocenters. The maximum atomic E-state index is 12.0. The highest BCUT2D eigenvalue weighted by atomic mass is 32.2. The number of nitrogens with zero attached hydrogens (tertiary/aromatic N) is 3. The Labute approximate surface area is 152 Å². The number of aromatic nitrogens is 2. The SMILES string of the molecule is CN(CCc1nc(-c2ccccc2)no1)CC(=O)NC1CCS(=O)(=O)C1. The number of hydrogen-bond acceptors (Lipinski definition) is 7. The Kier molecular flexibility index (Phi) is 5.67. The number of nitrogens with one attached hydrogen (secondary N) is 1. The van der Waals surface area contributed by atoms with Crippen molar-refractivity contribution in [2.24, 2.45) is 0 Å². The first kappa shape index (κ1) is 18.5. The molecule has 1 aliphatic heterocycles. The van der Waals surface area contributed by atoms with Gasteiger partial charge in [-0.15, -0.1) is 0 Å². The minimum atomic E-state index is -2.99. The second kappa shape index (κ2) is 7.96. The number of carbonyl (C=O) groups is 1. The third-order valence-corrected chi connectivity index (χ3v) is 5.99. The van der Waals surface area contributed by atoms with Crippen molar-refractivity contribution in [3.05, 3.63) is 36.2 Å². The molecule has 1 N–H and O–H groups in total. The van der Waals surface area contributed by atoms with Crippen LogP contribution in [-0.2, 0) is 21.1 Å². The molecular weight excluding hydrogens is 356 g/mol. The van der Waals surface area contributed by atoms with Crippen LogP contribution in [0.3, 0.4) is 0 Å². The summed E-state index contributed by atoms with van der Waals surface area (Å²) in [7, 11) is -1.17. The first-order valence-corrected chi connectivity index (χ1v) is 10.3. The minimum absolute atomic E-state index is 0.0344. The van der Waals surface area contributed by atoms with E-state index in [0.717, 1.165) is 5.56 Å². The van der Waals surface area contributed by atoms with E-state index in [1.165, 1.54) is 0 Å². The molecule has 9 heteroatoms. The fraction of sp³-hybridized carbons (Fsp3) is 0.471. The van der Waals surface area contributed by atoms with Gasteiger partial charge in [0.25, 0.3) is 0 Å². The van der Waals surface area contributed by atoms with E-state index in [1.54, 1.807) is 0 Å². The molecule has 0 aliphatic carbocycles. The van der Waals surface area contributed by atoms with Gasteiger partial charge in [-0.05, 0) is 13.5 Å². The van der Waals surface area contributed by atoms with Crippen LogP contribution < -0.4 is 5.32 Å². The zero-order valence-electron chi connectivity index (χ0n) is 14.6. The van der Waals surface area contributed by atoms with E-state index in [-0.39, 0.29) is 30.0 Å². The molecule has 3 rings (SSSR count). The van der Waals surface area contributed by atoms with Gasteiger partial charge in [-0.25, -0.2) is 8.42 Å². The molecule has 1 aliphatic rings. The average molecular weight is 378 g/mol. The van der Waals surface area contributed by atoms with Crippen LogP contribution in [-0.4, -0.2) is 67.1 Å². The van der Waals surface area contributed by atoms with Gasteiger partial charge in [-0.2, -0.15) is 4.98 Å². The number of benzene rings is 1. The Morgan fingerprint density at radius 3 is 2.81 bits per heavy atom. The highest BCUT2D eigenvalue weighted by molar-refractivity contribution is 7.91. The molecule has 0 radical (unpaired) electrons. The summed E-state index contributed by atoms with van der Waals surface area (Å²) in [5, 5.41) is 6.74. The van der Waals surface area contributed by atoms with Crippen molar-refractivity contribution in [1.82, 2.24) is 20.4 Å². The van der Waals surface area contributed by atoms with Crippen LogP contribution in [0.4, 0.5) is 0 Å². The van der Waals surface area contributed by atoms with Gasteiger partial charge in [0.2, 0.25) is 17.6 Å². The summed E-state index contributed by atoms with van der Waals surface area (Å²) in [6.45, 7) is 0.767. The van der Waals surface area contributed by atoms with E-state index in [4.69, 9.17) is 4.52 Å². The van der Waals surface area contributed by atoms with Gasteiger partial charge in [-0.3, -0.25) is 9.69 Å². The smallest absolute Gasteiger partial charge is 0.234 e. The first-order chi connectivity index (χ1) is 12.4. The average Bonchev–Trinajstić information content (AvgIpc) is 3.20. The number of hydrogen-bond donors (Lipinski definition) is 1. The molecule has 0 spiro atoms. The predicted octanol–water partition coefficient (Wildman–Crippen LogP) is 0.514. The summed E-state index contributed by atoms with van der Waals surface area (Å²) in [6, 6.07) is 9.29. The van der Waals surface area contributed by atoms with Gasteiger partial charge in [-0.1, -0.05) is 35.5 Å². The second-order valence-electron chi connectivity index (χ2n) is 6.53. The summed E-state index contributed by atoms with van der Waals surface area (Å²) < 4.78 is 28.1. The number of amides is 1. The second-order valence-corrected chi connectivity index (χ2v) is 8.76. The molecule has 0 bridgehead atoms. The van der Waals surface area contributed by atoms with Gasteiger partial charge in [0, 0.05) is 24.6 Å². The highest BCUT2D eigenvalue weighted by Gasteiger charge is 2.28. The molecule has 1 amide bonds. The van der Waals surface area contributed by atoms with Crippen LogP contribution in [0.25, 0.3) is 11.4 Å². The number of sulfone groups is 1. The molecule has 1 unspecified atom stereocenters. The zero-order chi connectivity index (χ0) is 18.6. The zero-order valence-corrected chi connectivity index (χ0v) is 15.4. The summed E-state index contributed by atoms with van der Waals surface area (Å²) in [4.78, 5) is 18.2. The lowest BCUT2D eigenvalue weighted by molar-refractivity contribution is -0.122. The minimum Gasteiger partial charge on any atom is -0.351 e. The van der Waals surface area contributed by atoms with Crippen LogP contribution in [0, 0.1) is 0 Å². The van der Waals surface area contributed by atoms with Crippen molar-refractivity contribution < 1.29 is 17.7 Å². The molecular formula is C17H22N4O4S. The Morgan fingerprint density at radius 1 is 1.35 bits per heavy atom. The molecule has 140 valence electrons. The first-order valence-electron chi connectivity index (χ1n) is 8.47. The Morgan fingerprint density at radius 2 is 2.12 bits per heavy atom. The summed E-state index contributed by atoms with van der Waals surface area (Å²) >= 11 is 0. The molecule has 1 saturated heterocycles. The molecule has 1 fully saturated rings. The van der Waals surface area contributed by atoms with E-state index in [2.05, 4.69) is 15.5 Å². The largest absolute Gasteiger partial charge is 0.351 e. The number of rotatable bonds is 7. The maximum absolute atomic E-state index is 12.0. The Balaban J connectivity index is 1.43. The van der Waals surface area contributed by atoms with Crippen LogP contribution in [0.5, 0.6) is 0 Å². The van der Waals surface area contributed by atoms with E-state index in [9.17, 15) is 13.2 Å². The lowest BCUT2D eigenvalue weighted by Crippen LogP contribution is -2.42. The molecule has 1 aromatic carbocycles. The highest BCUT2D eigenvalue weighted by Crippen LogP contribution is 2.15. The summed E-state index contributed by atoms with van der Waals surface area (Å²) in [5.74, 6) is 1.06. The third kappa shape index (κ3) is 5.12. The summed E-state index contributed by atoms with van der Waals surface area (Å²) in [5.41, 5.74) is 0.891. The molecule has 2 heterocycles. The van der Waals surface area contributed by atoms with Gasteiger partial charge in [0.05, 0.1) is 18.1 Å². The molecule has 26 heavy (non-hydrogen) atoms. The van der Waals surface area contributed by atoms with Crippen molar-refractivity contribution in [2.75, 3.05) is 31.6 Å². The van der Waals surface area contributed by atoms with Crippen molar-refractivity contribution >= 4 is 15.7 Å². The Hall–Kier alpha value is -2.26. The van der Waals surface area contributed by atoms with Gasteiger partial charge in [0.1, 0.15) is 0 Å². The number of carbonyl (C=O) groups excluding carboxylic acids is 1. The van der Waals surface area contributed by atoms with E-state index >= 15 is 0 Å². The van der Waals surface area contributed by atoms with Gasteiger partial charge < -0.3 is 9.84 Å². The fourth-order valence-electron chi connectivity index (χ4n) is 2.85. The molecule has 2 aromatic rings. The molecule has 1 aromatic heterocycles. The van der Waals surface area contributed by atoms with Crippen molar-refractivity contribution in [3.63, 3.8) is 0 Å². The lowest BCUT2D eigenvalue weighted by atomic mass is 10.2. The molecule has 0 saturated carbocycles.